The zero-order valence-corrected chi connectivity index (χ0v) is 10.3. The maximum absolute atomic E-state index is 13.7. The normalized spacial score (nSPS) is 10.7. The van der Waals surface area contributed by atoms with Gasteiger partial charge in [0.15, 0.2) is 17.5 Å². The van der Waals surface area contributed by atoms with Crippen LogP contribution in [0.4, 0.5) is 19.0 Å². The van der Waals surface area contributed by atoms with Gasteiger partial charge in [-0.1, -0.05) is 6.92 Å². The third-order valence-corrected chi connectivity index (χ3v) is 2.58. The first-order valence-electron chi connectivity index (χ1n) is 5.80. The molecule has 0 spiro atoms. The van der Waals surface area contributed by atoms with Crippen molar-refractivity contribution in [1.29, 1.82) is 0 Å². The van der Waals surface area contributed by atoms with E-state index in [-0.39, 0.29) is 17.1 Å². The molecule has 0 fully saturated rings. The van der Waals surface area contributed by atoms with Gasteiger partial charge < -0.3 is 5.73 Å². The highest BCUT2D eigenvalue weighted by Crippen LogP contribution is 2.25. The van der Waals surface area contributed by atoms with Crippen molar-refractivity contribution in [3.05, 3.63) is 41.5 Å². The van der Waals surface area contributed by atoms with E-state index in [1.807, 2.05) is 6.92 Å². The topological polar surface area (TPSA) is 51.8 Å². The molecule has 6 heteroatoms. The molecule has 1 aromatic carbocycles. The van der Waals surface area contributed by atoms with Crippen molar-refractivity contribution in [3.8, 4) is 11.3 Å². The molecule has 0 bridgehead atoms. The van der Waals surface area contributed by atoms with Gasteiger partial charge in [-0.2, -0.15) is 0 Å². The van der Waals surface area contributed by atoms with Crippen molar-refractivity contribution in [2.75, 3.05) is 5.73 Å². The molecule has 0 aliphatic carbocycles. The number of halogens is 3. The first-order chi connectivity index (χ1) is 9.02. The first kappa shape index (κ1) is 13.3. The molecule has 0 unspecified atom stereocenters. The van der Waals surface area contributed by atoms with Gasteiger partial charge in [-0.25, -0.2) is 23.1 Å². The van der Waals surface area contributed by atoms with Gasteiger partial charge >= 0.3 is 0 Å². The molecule has 0 aliphatic rings. The van der Waals surface area contributed by atoms with Gasteiger partial charge in [0.2, 0.25) is 0 Å². The fraction of sp³-hybridized carbons (Fsp3) is 0.231. The average Bonchev–Trinajstić information content (AvgIpc) is 2.36. The van der Waals surface area contributed by atoms with Gasteiger partial charge in [0.05, 0.1) is 5.69 Å². The number of hydrogen-bond donors (Lipinski definition) is 1. The summed E-state index contributed by atoms with van der Waals surface area (Å²) in [5.41, 5.74) is 5.62. The van der Waals surface area contributed by atoms with Crippen LogP contribution < -0.4 is 5.73 Å². The molecule has 0 amide bonds. The number of aromatic nitrogens is 2. The molecule has 1 heterocycles. The minimum absolute atomic E-state index is 0.134. The van der Waals surface area contributed by atoms with Crippen LogP contribution in [0.15, 0.2) is 18.2 Å². The maximum Gasteiger partial charge on any atom is 0.195 e. The standard InChI is InChI=1S/C13H12F3N3/c1-2-3-11-18-9(6-10(17)19-11)7-4-5-8(14)13(16)12(7)15/h4-6H,2-3H2,1H3,(H2,17,18,19). The van der Waals surface area contributed by atoms with E-state index in [0.29, 0.717) is 12.2 Å². The SMILES string of the molecule is CCCc1nc(N)cc(-c2ccc(F)c(F)c2F)n1. The number of hydrogen-bond acceptors (Lipinski definition) is 3. The summed E-state index contributed by atoms with van der Waals surface area (Å²) < 4.78 is 39.8. The number of nitrogens with zero attached hydrogens (tertiary/aromatic N) is 2. The molecular formula is C13H12F3N3. The Labute approximate surface area is 108 Å². The van der Waals surface area contributed by atoms with Crippen molar-refractivity contribution < 1.29 is 13.2 Å². The van der Waals surface area contributed by atoms with E-state index in [2.05, 4.69) is 9.97 Å². The van der Waals surface area contributed by atoms with Crippen LogP contribution in [0.25, 0.3) is 11.3 Å². The van der Waals surface area contributed by atoms with Crippen molar-refractivity contribution in [1.82, 2.24) is 9.97 Å². The van der Waals surface area contributed by atoms with Crippen LogP contribution in [0.3, 0.4) is 0 Å². The van der Waals surface area contributed by atoms with E-state index in [0.717, 1.165) is 18.6 Å². The van der Waals surface area contributed by atoms with E-state index < -0.39 is 17.5 Å². The van der Waals surface area contributed by atoms with Gasteiger partial charge in [0.25, 0.3) is 0 Å². The second-order valence-electron chi connectivity index (χ2n) is 4.07. The second-order valence-corrected chi connectivity index (χ2v) is 4.07. The van der Waals surface area contributed by atoms with E-state index >= 15 is 0 Å². The smallest absolute Gasteiger partial charge is 0.195 e. The number of nitrogens with two attached hydrogens (primary N) is 1. The van der Waals surface area contributed by atoms with Crippen LogP contribution in [0.2, 0.25) is 0 Å². The first-order valence-corrected chi connectivity index (χ1v) is 5.80. The Balaban J connectivity index is 2.55. The minimum Gasteiger partial charge on any atom is -0.384 e. The summed E-state index contributed by atoms with van der Waals surface area (Å²) in [6, 6.07) is 3.31. The summed E-state index contributed by atoms with van der Waals surface area (Å²) in [5, 5.41) is 0. The van der Waals surface area contributed by atoms with Crippen molar-refractivity contribution in [2.45, 2.75) is 19.8 Å². The Morgan fingerprint density at radius 2 is 1.84 bits per heavy atom. The molecular weight excluding hydrogens is 255 g/mol. The fourth-order valence-corrected chi connectivity index (χ4v) is 1.71. The summed E-state index contributed by atoms with van der Waals surface area (Å²) in [7, 11) is 0. The molecule has 0 atom stereocenters. The quantitative estimate of drug-likeness (QED) is 0.869. The van der Waals surface area contributed by atoms with Crippen LogP contribution in [-0.2, 0) is 6.42 Å². The van der Waals surface area contributed by atoms with Crippen molar-refractivity contribution in [2.24, 2.45) is 0 Å². The molecule has 2 rings (SSSR count). The highest BCUT2D eigenvalue weighted by Gasteiger charge is 2.16. The van der Waals surface area contributed by atoms with Crippen LogP contribution in [0.5, 0.6) is 0 Å². The maximum atomic E-state index is 13.7. The van der Waals surface area contributed by atoms with E-state index in [1.54, 1.807) is 0 Å². The highest BCUT2D eigenvalue weighted by molar-refractivity contribution is 5.62. The number of nitrogen functional groups attached to an aromatic ring is 1. The molecule has 0 radical (unpaired) electrons. The molecule has 19 heavy (non-hydrogen) atoms. The van der Waals surface area contributed by atoms with Gasteiger partial charge in [0.1, 0.15) is 11.6 Å². The van der Waals surface area contributed by atoms with Crippen LogP contribution in [0, 0.1) is 17.5 Å². The summed E-state index contributed by atoms with van der Waals surface area (Å²) in [6.45, 7) is 1.93. The Hall–Kier alpha value is -2.11. The third-order valence-electron chi connectivity index (χ3n) is 2.58. The average molecular weight is 267 g/mol. The van der Waals surface area contributed by atoms with E-state index in [9.17, 15) is 13.2 Å². The zero-order valence-electron chi connectivity index (χ0n) is 10.3. The van der Waals surface area contributed by atoms with Gasteiger partial charge in [0, 0.05) is 18.1 Å². The van der Waals surface area contributed by atoms with Crippen LogP contribution in [-0.4, -0.2) is 9.97 Å². The van der Waals surface area contributed by atoms with Crippen LogP contribution >= 0.6 is 0 Å². The molecule has 100 valence electrons. The Morgan fingerprint density at radius 3 is 2.53 bits per heavy atom. The van der Waals surface area contributed by atoms with Gasteiger partial charge in [-0.15, -0.1) is 0 Å². The highest BCUT2D eigenvalue weighted by atomic mass is 19.2. The zero-order chi connectivity index (χ0) is 14.0. The van der Waals surface area contributed by atoms with E-state index in [4.69, 9.17) is 5.73 Å². The molecule has 2 aromatic rings. The predicted molar refractivity (Wildman–Crippen MR) is 65.7 cm³/mol. The Kier molecular flexibility index (Phi) is 3.69. The number of benzene rings is 1. The summed E-state index contributed by atoms with van der Waals surface area (Å²) >= 11 is 0. The summed E-state index contributed by atoms with van der Waals surface area (Å²) in [6.07, 6.45) is 1.37. The fourth-order valence-electron chi connectivity index (χ4n) is 1.71. The second kappa shape index (κ2) is 5.26. The number of aryl methyl sites for hydroxylation is 1. The minimum atomic E-state index is -1.52. The monoisotopic (exact) mass is 267 g/mol. The Bertz CT molecular complexity index is 614. The number of anilines is 1. The lowest BCUT2D eigenvalue weighted by Gasteiger charge is -2.07. The lowest BCUT2D eigenvalue weighted by Crippen LogP contribution is -2.03. The predicted octanol–water partition coefficient (Wildman–Crippen LogP) is 3.10. The largest absolute Gasteiger partial charge is 0.384 e. The molecule has 2 N–H and O–H groups in total. The van der Waals surface area contributed by atoms with Crippen molar-refractivity contribution >= 4 is 5.82 Å². The van der Waals surface area contributed by atoms with Crippen molar-refractivity contribution in [3.63, 3.8) is 0 Å². The third kappa shape index (κ3) is 2.67. The summed E-state index contributed by atoms with van der Waals surface area (Å²) in [4.78, 5) is 8.10. The lowest BCUT2D eigenvalue weighted by molar-refractivity contribution is 0.449. The van der Waals surface area contributed by atoms with Gasteiger partial charge in [-0.05, 0) is 18.6 Å². The molecule has 0 saturated carbocycles. The molecule has 1 aromatic heterocycles. The summed E-state index contributed by atoms with van der Waals surface area (Å²) in [5.74, 6) is -3.43. The molecule has 3 nitrogen and oxygen atoms in total. The lowest BCUT2D eigenvalue weighted by atomic mass is 10.1. The Morgan fingerprint density at radius 1 is 1.11 bits per heavy atom. The van der Waals surface area contributed by atoms with Gasteiger partial charge in [-0.3, -0.25) is 0 Å². The number of rotatable bonds is 3. The molecule has 0 saturated heterocycles. The molecule has 0 aliphatic heterocycles. The van der Waals surface area contributed by atoms with E-state index in [1.165, 1.54) is 6.07 Å². The van der Waals surface area contributed by atoms with Crippen LogP contribution in [0.1, 0.15) is 19.2 Å².